The van der Waals surface area contributed by atoms with Crippen LogP contribution in [0.3, 0.4) is 0 Å². The first kappa shape index (κ1) is 29.2. The van der Waals surface area contributed by atoms with Crippen molar-refractivity contribution in [2.75, 3.05) is 45.9 Å². The van der Waals surface area contributed by atoms with Gasteiger partial charge in [0.05, 0.1) is 38.3 Å². The molecule has 0 aliphatic carbocycles. The van der Waals surface area contributed by atoms with Gasteiger partial charge in [-0.1, -0.05) is 0 Å². The van der Waals surface area contributed by atoms with Gasteiger partial charge in [-0.3, -0.25) is 24.6 Å². The molecule has 2 N–H and O–H groups in total. The summed E-state index contributed by atoms with van der Waals surface area (Å²) in [4.78, 5) is 41.0. The molecule has 2 amide bonds. The molecular weight excluding hydrogens is 531 g/mol. The van der Waals surface area contributed by atoms with Crippen molar-refractivity contribution in [1.82, 2.24) is 20.4 Å². The lowest BCUT2D eigenvalue weighted by Crippen LogP contribution is -2.67. The number of nitrogens with one attached hydrogen (secondary N) is 2. The molecule has 0 bridgehead atoms. The van der Waals surface area contributed by atoms with Crippen molar-refractivity contribution < 1.29 is 45.8 Å². The zero-order valence-corrected chi connectivity index (χ0v) is 21.1. The van der Waals surface area contributed by atoms with Gasteiger partial charge < -0.3 is 19.7 Å². The fourth-order valence-electron chi connectivity index (χ4n) is 5.24. The second kappa shape index (κ2) is 12.6. The summed E-state index contributed by atoms with van der Waals surface area (Å²) in [6.07, 6.45) is -6.80. The van der Waals surface area contributed by atoms with E-state index >= 15 is 0 Å². The van der Waals surface area contributed by atoms with Gasteiger partial charge in [0.1, 0.15) is 5.75 Å². The Morgan fingerprint density at radius 3 is 2.46 bits per heavy atom. The summed E-state index contributed by atoms with van der Waals surface area (Å²) in [7, 11) is 0. The van der Waals surface area contributed by atoms with E-state index in [1.807, 2.05) is 0 Å². The predicted molar refractivity (Wildman–Crippen MR) is 127 cm³/mol. The highest BCUT2D eigenvalue weighted by atomic mass is 19.4. The van der Waals surface area contributed by atoms with E-state index in [1.165, 1.54) is 12.1 Å². The van der Waals surface area contributed by atoms with Gasteiger partial charge in [0.25, 0.3) is 6.43 Å². The van der Waals surface area contributed by atoms with Crippen LogP contribution in [0.1, 0.15) is 29.6 Å². The largest absolute Gasteiger partial charge is 0.573 e. The first-order valence-corrected chi connectivity index (χ1v) is 12.8. The molecule has 0 saturated carbocycles. The van der Waals surface area contributed by atoms with Crippen LogP contribution in [0.4, 0.5) is 22.0 Å². The number of alkyl halides is 5. The van der Waals surface area contributed by atoms with Crippen LogP contribution >= 0.6 is 0 Å². The third-order valence-corrected chi connectivity index (χ3v) is 7.23. The summed E-state index contributed by atoms with van der Waals surface area (Å²) >= 11 is 0. The number of nitrogens with zero attached hydrogens (tertiary/aromatic N) is 2. The molecule has 3 aliphatic heterocycles. The van der Waals surface area contributed by atoms with Gasteiger partial charge in [-0.15, -0.1) is 13.2 Å². The third kappa shape index (κ3) is 8.08. The van der Waals surface area contributed by atoms with E-state index in [1.54, 1.807) is 4.90 Å². The minimum Gasteiger partial charge on any atom is -0.406 e. The highest BCUT2D eigenvalue weighted by Gasteiger charge is 2.39. The number of piperidine rings is 1. The van der Waals surface area contributed by atoms with E-state index < -0.39 is 37.2 Å². The summed E-state index contributed by atoms with van der Waals surface area (Å²) in [6, 6.07) is 4.58. The molecule has 3 atom stereocenters. The second-order valence-electron chi connectivity index (χ2n) is 9.98. The van der Waals surface area contributed by atoms with Crippen molar-refractivity contribution in [3.8, 4) is 5.75 Å². The Morgan fingerprint density at radius 2 is 1.82 bits per heavy atom. The maximum absolute atomic E-state index is 13.3. The van der Waals surface area contributed by atoms with Gasteiger partial charge in [-0.2, -0.15) is 0 Å². The fraction of sp³-hybridized carbons (Fsp3) is 0.640. The van der Waals surface area contributed by atoms with Crippen LogP contribution in [-0.2, 0) is 14.3 Å². The summed E-state index contributed by atoms with van der Waals surface area (Å²) in [6.45, 7) is 0.535. The smallest absolute Gasteiger partial charge is 0.406 e. The molecule has 4 rings (SSSR count). The van der Waals surface area contributed by atoms with Gasteiger partial charge >= 0.3 is 6.36 Å². The number of ether oxygens (including phenoxy) is 2. The fourth-order valence-corrected chi connectivity index (χ4v) is 5.24. The Bertz CT molecular complexity index is 1020. The molecule has 3 aliphatic rings. The number of Topliss-reactive ketones (excluding diaryl/α,β-unsaturated/α-hetero) is 1. The van der Waals surface area contributed by atoms with E-state index in [-0.39, 0.29) is 54.8 Å². The lowest BCUT2D eigenvalue weighted by molar-refractivity contribution is -0.274. The Labute approximate surface area is 222 Å². The number of carbonyl (C=O) groups excluding carboxylic acids is 3. The average Bonchev–Trinajstić information content (AvgIpc) is 2.88. The number of ketones is 1. The van der Waals surface area contributed by atoms with Crippen LogP contribution in [0.25, 0.3) is 0 Å². The summed E-state index contributed by atoms with van der Waals surface area (Å²) < 4.78 is 72.8. The highest BCUT2D eigenvalue weighted by Crippen LogP contribution is 2.26. The van der Waals surface area contributed by atoms with Crippen molar-refractivity contribution >= 4 is 17.6 Å². The summed E-state index contributed by atoms with van der Waals surface area (Å²) in [5.74, 6) is -2.12. The number of fused-ring (bicyclic) bond motifs is 1. The molecule has 39 heavy (non-hydrogen) atoms. The number of halogens is 5. The molecular formula is C25H31F5N4O5. The molecule has 0 spiro atoms. The molecule has 216 valence electrons. The van der Waals surface area contributed by atoms with Crippen molar-refractivity contribution in [1.29, 1.82) is 0 Å². The van der Waals surface area contributed by atoms with Crippen LogP contribution in [0.2, 0.25) is 0 Å². The standard InChI is InChI=1S/C25H31F5N4O5/c26-20(27)11-34(12-21-31-19-7-10-38-14-18(19)24(37)32-21)22(35)13-33-8-5-16(6-9-33)23(36)15-1-3-17(4-2-15)39-25(28,29)30/h1-4,16,18-21,31H,5-14H2,(H,32,37). The molecule has 0 aromatic heterocycles. The molecule has 3 heterocycles. The van der Waals surface area contributed by atoms with Gasteiger partial charge in [0.2, 0.25) is 11.8 Å². The molecule has 1 aromatic rings. The number of likely N-dealkylation sites (tertiary alicyclic amines) is 1. The number of amides is 2. The van der Waals surface area contributed by atoms with Crippen LogP contribution in [0.15, 0.2) is 24.3 Å². The Kier molecular flexibility index (Phi) is 9.39. The zero-order valence-electron chi connectivity index (χ0n) is 21.1. The molecule has 9 nitrogen and oxygen atoms in total. The molecule has 14 heteroatoms. The predicted octanol–water partition coefficient (Wildman–Crippen LogP) is 2.02. The maximum atomic E-state index is 13.3. The number of hydrogen-bond donors (Lipinski definition) is 2. The molecule has 1 aromatic carbocycles. The van der Waals surface area contributed by atoms with Gasteiger partial charge in [-0.25, -0.2) is 8.78 Å². The number of benzene rings is 1. The third-order valence-electron chi connectivity index (χ3n) is 7.23. The minimum atomic E-state index is -4.82. The first-order valence-electron chi connectivity index (χ1n) is 12.8. The minimum absolute atomic E-state index is 0.109. The van der Waals surface area contributed by atoms with Gasteiger partial charge in [-0.05, 0) is 56.6 Å². The normalized spacial score (nSPS) is 24.7. The van der Waals surface area contributed by atoms with Crippen LogP contribution in [0, 0.1) is 11.8 Å². The van der Waals surface area contributed by atoms with Crippen molar-refractivity contribution in [3.63, 3.8) is 0 Å². The monoisotopic (exact) mass is 562 g/mol. The second-order valence-corrected chi connectivity index (χ2v) is 9.98. The van der Waals surface area contributed by atoms with E-state index in [9.17, 15) is 36.3 Å². The Hall–Kier alpha value is -2.84. The Balaban J connectivity index is 1.28. The number of hydrogen-bond acceptors (Lipinski definition) is 7. The topological polar surface area (TPSA) is 100 Å². The first-order chi connectivity index (χ1) is 18.5. The molecule has 3 saturated heterocycles. The summed E-state index contributed by atoms with van der Waals surface area (Å²) in [5.41, 5.74) is 0.260. The lowest BCUT2D eigenvalue weighted by atomic mass is 9.89. The van der Waals surface area contributed by atoms with Crippen LogP contribution < -0.4 is 15.4 Å². The van der Waals surface area contributed by atoms with Crippen molar-refractivity contribution in [2.24, 2.45) is 11.8 Å². The van der Waals surface area contributed by atoms with Gasteiger partial charge in [0, 0.05) is 24.1 Å². The van der Waals surface area contributed by atoms with E-state index in [2.05, 4.69) is 15.4 Å². The van der Waals surface area contributed by atoms with E-state index in [4.69, 9.17) is 4.74 Å². The molecule has 3 fully saturated rings. The van der Waals surface area contributed by atoms with Gasteiger partial charge in [0.15, 0.2) is 5.78 Å². The average molecular weight is 563 g/mol. The maximum Gasteiger partial charge on any atom is 0.573 e. The number of carbonyl (C=O) groups is 3. The lowest BCUT2D eigenvalue weighted by Gasteiger charge is -2.41. The van der Waals surface area contributed by atoms with E-state index in [0.717, 1.165) is 17.0 Å². The van der Waals surface area contributed by atoms with E-state index in [0.29, 0.717) is 39.0 Å². The quantitative estimate of drug-likeness (QED) is 0.351. The summed E-state index contributed by atoms with van der Waals surface area (Å²) in [5, 5.41) is 5.97. The Morgan fingerprint density at radius 1 is 1.13 bits per heavy atom. The number of rotatable bonds is 9. The molecule has 3 unspecified atom stereocenters. The SMILES string of the molecule is O=C(c1ccc(OC(F)(F)F)cc1)C1CCN(CC(=O)N(CC(F)F)CC2NC(=O)C3COCCC3N2)CC1. The zero-order chi connectivity index (χ0) is 28.2. The van der Waals surface area contributed by atoms with Crippen molar-refractivity contribution in [3.05, 3.63) is 29.8 Å². The highest BCUT2D eigenvalue weighted by molar-refractivity contribution is 5.98. The molecule has 0 radical (unpaired) electrons. The van der Waals surface area contributed by atoms with Crippen LogP contribution in [-0.4, -0.2) is 98.3 Å². The van der Waals surface area contributed by atoms with Crippen LogP contribution in [0.5, 0.6) is 5.75 Å². The van der Waals surface area contributed by atoms with Crippen molar-refractivity contribution in [2.45, 2.75) is 44.3 Å².